The van der Waals surface area contributed by atoms with E-state index in [1.54, 1.807) is 0 Å². The van der Waals surface area contributed by atoms with Gasteiger partial charge < -0.3 is 15.6 Å². The quantitative estimate of drug-likeness (QED) is 0.819. The average molecular weight is 259 g/mol. The summed E-state index contributed by atoms with van der Waals surface area (Å²) in [5, 5.41) is 10.4. The van der Waals surface area contributed by atoms with Crippen LogP contribution < -0.4 is 5.73 Å². The minimum Gasteiger partial charge on any atom is -0.383 e. The number of halogens is 2. The zero-order chi connectivity index (χ0) is 13.8. The molecule has 0 spiro atoms. The number of hydrogen-bond donors (Lipinski definition) is 2. The number of ether oxygens (including phenoxy) is 1. The monoisotopic (exact) mass is 259 g/mol. The van der Waals surface area contributed by atoms with Crippen molar-refractivity contribution in [3.05, 3.63) is 34.9 Å². The van der Waals surface area contributed by atoms with Gasteiger partial charge in [0.2, 0.25) is 0 Å². The van der Waals surface area contributed by atoms with Crippen LogP contribution in [-0.2, 0) is 10.3 Å². The van der Waals surface area contributed by atoms with Crippen molar-refractivity contribution in [2.24, 2.45) is 5.73 Å². The number of aryl methyl sites for hydroxylation is 1. The van der Waals surface area contributed by atoms with Gasteiger partial charge in [0.05, 0.1) is 6.61 Å². The fraction of sp³-hybridized carbons (Fsp3) is 0.538. The third kappa shape index (κ3) is 3.04. The zero-order valence-corrected chi connectivity index (χ0v) is 10.7. The number of hydrogen-bond acceptors (Lipinski definition) is 3. The Morgan fingerprint density at radius 2 is 2.00 bits per heavy atom. The highest BCUT2D eigenvalue weighted by atomic mass is 19.2. The smallest absolute Gasteiger partial charge is 0.165 e. The maximum absolute atomic E-state index is 13.9. The fourth-order valence-electron chi connectivity index (χ4n) is 1.92. The van der Waals surface area contributed by atoms with Crippen LogP contribution in [0.4, 0.5) is 8.78 Å². The van der Waals surface area contributed by atoms with E-state index in [1.807, 2.05) is 0 Å². The molecule has 102 valence electrons. The zero-order valence-electron chi connectivity index (χ0n) is 10.7. The van der Waals surface area contributed by atoms with Crippen molar-refractivity contribution in [2.45, 2.75) is 25.4 Å². The van der Waals surface area contributed by atoms with Gasteiger partial charge in [-0.15, -0.1) is 0 Å². The molecular weight excluding hydrogens is 240 g/mol. The van der Waals surface area contributed by atoms with Gasteiger partial charge in [-0.25, -0.2) is 8.78 Å². The summed E-state index contributed by atoms with van der Waals surface area (Å²) in [7, 11) is 1.40. The van der Waals surface area contributed by atoms with Crippen LogP contribution in [-0.4, -0.2) is 25.4 Å². The highest BCUT2D eigenvalue weighted by Crippen LogP contribution is 2.31. The van der Waals surface area contributed by atoms with Crippen LogP contribution in [0.5, 0.6) is 0 Å². The number of nitrogens with two attached hydrogens (primary N) is 1. The molecule has 0 fully saturated rings. The third-order valence-electron chi connectivity index (χ3n) is 2.95. The Hall–Kier alpha value is -1.04. The summed E-state index contributed by atoms with van der Waals surface area (Å²) in [6.07, 6.45) is 0.714. The molecule has 1 aromatic carbocycles. The lowest BCUT2D eigenvalue weighted by Crippen LogP contribution is -2.33. The second kappa shape index (κ2) is 6.22. The predicted octanol–water partition coefficient (Wildman–Crippen LogP) is 1.85. The maximum atomic E-state index is 13.9. The van der Waals surface area contributed by atoms with E-state index in [9.17, 15) is 13.9 Å². The van der Waals surface area contributed by atoms with Gasteiger partial charge in [-0.3, -0.25) is 0 Å². The van der Waals surface area contributed by atoms with Gasteiger partial charge in [0.15, 0.2) is 11.6 Å². The van der Waals surface area contributed by atoms with Crippen LogP contribution in [0.1, 0.15) is 24.0 Å². The summed E-state index contributed by atoms with van der Waals surface area (Å²) < 4.78 is 32.3. The van der Waals surface area contributed by atoms with E-state index in [2.05, 4.69) is 0 Å². The second-order valence-corrected chi connectivity index (χ2v) is 4.41. The van der Waals surface area contributed by atoms with E-state index >= 15 is 0 Å². The lowest BCUT2D eigenvalue weighted by atomic mass is 9.88. The minimum absolute atomic E-state index is 0.0825. The molecule has 0 saturated heterocycles. The molecule has 0 bridgehead atoms. The van der Waals surface area contributed by atoms with E-state index < -0.39 is 17.2 Å². The van der Waals surface area contributed by atoms with Crippen LogP contribution in [0.15, 0.2) is 12.1 Å². The number of methoxy groups -OCH3 is 1. The van der Waals surface area contributed by atoms with Crippen LogP contribution in [0.25, 0.3) is 0 Å². The van der Waals surface area contributed by atoms with E-state index in [-0.39, 0.29) is 24.2 Å². The molecule has 1 rings (SSSR count). The lowest BCUT2D eigenvalue weighted by Gasteiger charge is -2.28. The topological polar surface area (TPSA) is 55.5 Å². The molecule has 0 heterocycles. The Morgan fingerprint density at radius 3 is 2.56 bits per heavy atom. The molecule has 1 aromatic rings. The normalized spacial score (nSPS) is 14.6. The van der Waals surface area contributed by atoms with E-state index in [1.165, 1.54) is 26.2 Å². The SMILES string of the molecule is COCC(O)(CCCN)c1ccc(C)c(F)c1F. The van der Waals surface area contributed by atoms with E-state index in [0.29, 0.717) is 13.0 Å². The first kappa shape index (κ1) is 15.0. The van der Waals surface area contributed by atoms with E-state index in [0.717, 1.165) is 0 Å². The molecule has 0 aliphatic rings. The van der Waals surface area contributed by atoms with Gasteiger partial charge in [0, 0.05) is 12.7 Å². The summed E-state index contributed by atoms with van der Waals surface area (Å²) in [5.74, 6) is -1.96. The van der Waals surface area contributed by atoms with E-state index in [4.69, 9.17) is 10.5 Å². The molecule has 0 aliphatic carbocycles. The third-order valence-corrected chi connectivity index (χ3v) is 2.95. The van der Waals surface area contributed by atoms with Crippen LogP contribution >= 0.6 is 0 Å². The Kier molecular flexibility index (Phi) is 5.19. The first-order valence-electron chi connectivity index (χ1n) is 5.82. The first-order chi connectivity index (χ1) is 8.46. The second-order valence-electron chi connectivity index (χ2n) is 4.41. The first-order valence-corrected chi connectivity index (χ1v) is 5.82. The van der Waals surface area contributed by atoms with Crippen molar-refractivity contribution in [1.82, 2.24) is 0 Å². The van der Waals surface area contributed by atoms with Gasteiger partial charge in [0.25, 0.3) is 0 Å². The minimum atomic E-state index is -1.55. The van der Waals surface area contributed by atoms with Crippen molar-refractivity contribution in [1.29, 1.82) is 0 Å². The largest absolute Gasteiger partial charge is 0.383 e. The molecule has 0 aliphatic heterocycles. The molecule has 5 heteroatoms. The maximum Gasteiger partial charge on any atom is 0.165 e. The summed E-state index contributed by atoms with van der Waals surface area (Å²) in [6, 6.07) is 2.83. The predicted molar refractivity (Wildman–Crippen MR) is 65.2 cm³/mol. The summed E-state index contributed by atoms with van der Waals surface area (Å²) in [5.41, 5.74) is 3.95. The average Bonchev–Trinajstić information content (AvgIpc) is 2.34. The van der Waals surface area contributed by atoms with Crippen molar-refractivity contribution < 1.29 is 18.6 Å². The summed E-state index contributed by atoms with van der Waals surface area (Å²) in [6.45, 7) is 1.73. The molecule has 0 amide bonds. The van der Waals surface area contributed by atoms with Gasteiger partial charge in [-0.05, 0) is 31.9 Å². The molecule has 0 radical (unpaired) electrons. The molecule has 3 N–H and O–H groups in total. The summed E-state index contributed by atoms with van der Waals surface area (Å²) in [4.78, 5) is 0. The number of benzene rings is 1. The van der Waals surface area contributed by atoms with Crippen molar-refractivity contribution in [3.63, 3.8) is 0 Å². The molecule has 3 nitrogen and oxygen atoms in total. The highest BCUT2D eigenvalue weighted by molar-refractivity contribution is 5.30. The van der Waals surface area contributed by atoms with Crippen LogP contribution in [0, 0.1) is 18.6 Å². The van der Waals surface area contributed by atoms with Crippen LogP contribution in [0.3, 0.4) is 0 Å². The Bertz CT molecular complexity index is 412. The molecule has 1 unspecified atom stereocenters. The van der Waals surface area contributed by atoms with Crippen molar-refractivity contribution in [2.75, 3.05) is 20.3 Å². The van der Waals surface area contributed by atoms with Gasteiger partial charge in [-0.2, -0.15) is 0 Å². The molecule has 0 aromatic heterocycles. The Labute approximate surface area is 106 Å². The molecule has 18 heavy (non-hydrogen) atoms. The molecule has 1 atom stereocenters. The fourth-order valence-corrected chi connectivity index (χ4v) is 1.92. The number of aliphatic hydroxyl groups is 1. The lowest BCUT2D eigenvalue weighted by molar-refractivity contribution is -0.0457. The molecular formula is C13H19F2NO2. The van der Waals surface area contributed by atoms with Gasteiger partial charge in [0.1, 0.15) is 5.60 Å². The van der Waals surface area contributed by atoms with Gasteiger partial charge in [-0.1, -0.05) is 12.1 Å². The van der Waals surface area contributed by atoms with Crippen molar-refractivity contribution in [3.8, 4) is 0 Å². The number of rotatable bonds is 6. The summed E-state index contributed by atoms with van der Waals surface area (Å²) >= 11 is 0. The van der Waals surface area contributed by atoms with Crippen LogP contribution in [0.2, 0.25) is 0 Å². The Balaban J connectivity index is 3.17. The standard InChI is InChI=1S/C13H19F2NO2/c1-9-4-5-10(12(15)11(9)14)13(17,8-18-2)6-3-7-16/h4-5,17H,3,6-8,16H2,1-2H3. The highest BCUT2D eigenvalue weighted by Gasteiger charge is 2.33. The molecule has 0 saturated carbocycles. The Morgan fingerprint density at radius 1 is 1.33 bits per heavy atom. The van der Waals surface area contributed by atoms with Gasteiger partial charge >= 0.3 is 0 Å². The van der Waals surface area contributed by atoms with Crippen molar-refractivity contribution >= 4 is 0 Å².